The Kier molecular flexibility index (Phi) is 4.65. The predicted molar refractivity (Wildman–Crippen MR) is 80.0 cm³/mol. The minimum absolute atomic E-state index is 0.162. The molecular formula is C15H18N4O. The van der Waals surface area contributed by atoms with Crippen molar-refractivity contribution in [3.63, 3.8) is 0 Å². The third kappa shape index (κ3) is 3.32. The third-order valence-corrected chi connectivity index (χ3v) is 3.04. The number of hydrogen-bond acceptors (Lipinski definition) is 4. The van der Waals surface area contributed by atoms with Crippen molar-refractivity contribution < 1.29 is 4.79 Å². The van der Waals surface area contributed by atoms with Crippen LogP contribution in [0.15, 0.2) is 42.9 Å². The molecule has 5 nitrogen and oxygen atoms in total. The van der Waals surface area contributed by atoms with Gasteiger partial charge >= 0.3 is 0 Å². The van der Waals surface area contributed by atoms with Gasteiger partial charge in [-0.2, -0.15) is 0 Å². The van der Waals surface area contributed by atoms with Crippen molar-refractivity contribution >= 4 is 17.4 Å². The highest BCUT2D eigenvalue weighted by atomic mass is 16.1. The molecule has 0 bridgehead atoms. The Bertz CT molecular complexity index is 550. The fourth-order valence-corrected chi connectivity index (χ4v) is 1.90. The molecule has 0 spiro atoms. The Labute approximate surface area is 118 Å². The summed E-state index contributed by atoms with van der Waals surface area (Å²) in [6, 6.07) is 7.12. The Morgan fingerprint density at radius 3 is 2.40 bits per heavy atom. The minimum atomic E-state index is -0.162. The van der Waals surface area contributed by atoms with Gasteiger partial charge in [-0.15, -0.1) is 0 Å². The van der Waals surface area contributed by atoms with Gasteiger partial charge in [-0.1, -0.05) is 0 Å². The van der Waals surface area contributed by atoms with E-state index in [-0.39, 0.29) is 5.91 Å². The van der Waals surface area contributed by atoms with Crippen molar-refractivity contribution in [2.24, 2.45) is 0 Å². The zero-order chi connectivity index (χ0) is 14.4. The number of anilines is 2. The minimum Gasteiger partial charge on any atom is -0.357 e. The smallest absolute Gasteiger partial charge is 0.255 e. The number of hydrogen-bond donors (Lipinski definition) is 1. The van der Waals surface area contributed by atoms with Crippen LogP contribution in [0, 0.1) is 0 Å². The number of nitrogens with one attached hydrogen (secondary N) is 1. The van der Waals surface area contributed by atoms with E-state index in [0.717, 1.165) is 18.9 Å². The largest absolute Gasteiger partial charge is 0.357 e. The van der Waals surface area contributed by atoms with Crippen LogP contribution in [0.3, 0.4) is 0 Å². The van der Waals surface area contributed by atoms with Crippen LogP contribution >= 0.6 is 0 Å². The van der Waals surface area contributed by atoms with Crippen molar-refractivity contribution in [2.45, 2.75) is 13.8 Å². The first-order chi connectivity index (χ1) is 9.74. The summed E-state index contributed by atoms with van der Waals surface area (Å²) in [6.07, 6.45) is 4.86. The fraction of sp³-hybridized carbons (Fsp3) is 0.267. The Morgan fingerprint density at radius 2 is 1.85 bits per heavy atom. The molecule has 20 heavy (non-hydrogen) atoms. The first-order valence-electron chi connectivity index (χ1n) is 6.67. The highest BCUT2D eigenvalue weighted by molar-refractivity contribution is 6.04. The Hall–Kier alpha value is -2.43. The standard InChI is InChI=1S/C15H18N4O/c1-3-19(4-2)14-6-5-13(11-17-14)18-15(20)12-7-9-16-10-8-12/h5-11H,3-4H2,1-2H3,(H,18,20). The number of rotatable bonds is 5. The highest BCUT2D eigenvalue weighted by Crippen LogP contribution is 2.14. The van der Waals surface area contributed by atoms with Crippen LogP contribution in [-0.4, -0.2) is 29.0 Å². The molecule has 1 amide bonds. The van der Waals surface area contributed by atoms with Gasteiger partial charge in [0.2, 0.25) is 0 Å². The summed E-state index contributed by atoms with van der Waals surface area (Å²) in [6.45, 7) is 5.99. The molecule has 2 rings (SSSR count). The molecular weight excluding hydrogens is 252 g/mol. The number of pyridine rings is 2. The zero-order valence-corrected chi connectivity index (χ0v) is 11.7. The van der Waals surface area contributed by atoms with E-state index in [1.165, 1.54) is 0 Å². The maximum absolute atomic E-state index is 12.0. The lowest BCUT2D eigenvalue weighted by Crippen LogP contribution is -2.22. The van der Waals surface area contributed by atoms with Gasteiger partial charge in [0, 0.05) is 31.0 Å². The van der Waals surface area contributed by atoms with E-state index in [9.17, 15) is 4.79 Å². The van der Waals surface area contributed by atoms with Crippen LogP contribution in [-0.2, 0) is 0 Å². The molecule has 0 aliphatic rings. The van der Waals surface area contributed by atoms with E-state index in [1.807, 2.05) is 12.1 Å². The second-order valence-corrected chi connectivity index (χ2v) is 4.27. The van der Waals surface area contributed by atoms with Crippen LogP contribution < -0.4 is 10.2 Å². The van der Waals surface area contributed by atoms with Crippen molar-refractivity contribution in [2.75, 3.05) is 23.3 Å². The van der Waals surface area contributed by atoms with Crippen molar-refractivity contribution in [3.8, 4) is 0 Å². The summed E-state index contributed by atoms with van der Waals surface area (Å²) >= 11 is 0. The Morgan fingerprint density at radius 1 is 1.15 bits per heavy atom. The molecule has 0 saturated heterocycles. The zero-order valence-electron chi connectivity index (χ0n) is 11.7. The molecule has 2 aromatic rings. The molecule has 0 aliphatic heterocycles. The van der Waals surface area contributed by atoms with Gasteiger partial charge in [-0.25, -0.2) is 4.98 Å². The number of amides is 1. The van der Waals surface area contributed by atoms with Crippen LogP contribution in [0.1, 0.15) is 24.2 Å². The van der Waals surface area contributed by atoms with E-state index >= 15 is 0 Å². The predicted octanol–water partition coefficient (Wildman–Crippen LogP) is 2.58. The lowest BCUT2D eigenvalue weighted by atomic mass is 10.2. The van der Waals surface area contributed by atoms with Crippen LogP contribution in [0.4, 0.5) is 11.5 Å². The number of carbonyl (C=O) groups excluding carboxylic acids is 1. The van der Waals surface area contributed by atoms with E-state index in [2.05, 4.69) is 34.0 Å². The summed E-state index contributed by atoms with van der Waals surface area (Å²) in [5, 5.41) is 2.81. The van der Waals surface area contributed by atoms with Gasteiger partial charge < -0.3 is 10.2 Å². The Balaban J connectivity index is 2.06. The SMILES string of the molecule is CCN(CC)c1ccc(NC(=O)c2ccncc2)cn1. The maximum Gasteiger partial charge on any atom is 0.255 e. The third-order valence-electron chi connectivity index (χ3n) is 3.04. The summed E-state index contributed by atoms with van der Waals surface area (Å²) in [5.41, 5.74) is 1.26. The van der Waals surface area contributed by atoms with Gasteiger partial charge in [0.1, 0.15) is 5.82 Å². The van der Waals surface area contributed by atoms with Gasteiger partial charge in [-0.3, -0.25) is 9.78 Å². The van der Waals surface area contributed by atoms with Gasteiger partial charge in [0.15, 0.2) is 0 Å². The molecule has 0 aliphatic carbocycles. The topological polar surface area (TPSA) is 58.1 Å². The molecule has 0 fully saturated rings. The molecule has 5 heteroatoms. The summed E-state index contributed by atoms with van der Waals surface area (Å²) in [5.74, 6) is 0.752. The average molecular weight is 270 g/mol. The lowest BCUT2D eigenvalue weighted by molar-refractivity contribution is 0.102. The maximum atomic E-state index is 12.0. The van der Waals surface area contributed by atoms with Crippen LogP contribution in [0.2, 0.25) is 0 Å². The molecule has 0 unspecified atom stereocenters. The van der Waals surface area contributed by atoms with Crippen molar-refractivity contribution in [3.05, 3.63) is 48.4 Å². The summed E-state index contributed by atoms with van der Waals surface area (Å²) < 4.78 is 0. The van der Waals surface area contributed by atoms with Gasteiger partial charge in [0.25, 0.3) is 5.91 Å². The second kappa shape index (κ2) is 6.65. The van der Waals surface area contributed by atoms with Gasteiger partial charge in [0.05, 0.1) is 11.9 Å². The van der Waals surface area contributed by atoms with E-state index in [4.69, 9.17) is 0 Å². The molecule has 104 valence electrons. The van der Waals surface area contributed by atoms with Crippen LogP contribution in [0.5, 0.6) is 0 Å². The fourth-order valence-electron chi connectivity index (χ4n) is 1.90. The molecule has 0 aromatic carbocycles. The molecule has 0 radical (unpaired) electrons. The molecule has 0 atom stereocenters. The van der Waals surface area contributed by atoms with Gasteiger partial charge in [-0.05, 0) is 38.1 Å². The molecule has 0 saturated carbocycles. The van der Waals surface area contributed by atoms with E-state index < -0.39 is 0 Å². The molecule has 2 aromatic heterocycles. The average Bonchev–Trinajstić information content (AvgIpc) is 2.51. The number of aromatic nitrogens is 2. The van der Waals surface area contributed by atoms with Crippen LogP contribution in [0.25, 0.3) is 0 Å². The van der Waals surface area contributed by atoms with E-state index in [1.54, 1.807) is 30.7 Å². The van der Waals surface area contributed by atoms with E-state index in [0.29, 0.717) is 11.3 Å². The number of nitrogens with zero attached hydrogens (tertiary/aromatic N) is 3. The normalized spacial score (nSPS) is 10.1. The molecule has 1 N–H and O–H groups in total. The monoisotopic (exact) mass is 270 g/mol. The lowest BCUT2D eigenvalue weighted by Gasteiger charge is -2.19. The summed E-state index contributed by atoms with van der Waals surface area (Å²) in [7, 11) is 0. The van der Waals surface area contributed by atoms with Crippen molar-refractivity contribution in [1.82, 2.24) is 9.97 Å². The van der Waals surface area contributed by atoms with Crippen molar-refractivity contribution in [1.29, 1.82) is 0 Å². The number of carbonyl (C=O) groups is 1. The summed E-state index contributed by atoms with van der Waals surface area (Å²) in [4.78, 5) is 22.4. The first-order valence-corrected chi connectivity index (χ1v) is 6.67. The first kappa shape index (κ1) is 14.0. The highest BCUT2D eigenvalue weighted by Gasteiger charge is 2.07. The second-order valence-electron chi connectivity index (χ2n) is 4.27. The molecule has 2 heterocycles. The quantitative estimate of drug-likeness (QED) is 0.907.